The number of nitrogens with one attached hydrogen (secondary N) is 1. The number of carbonyl (C=O) groups excluding carboxylic acids is 1. The van der Waals surface area contributed by atoms with Crippen molar-refractivity contribution in [2.45, 2.75) is 44.6 Å². The lowest BCUT2D eigenvalue weighted by Crippen LogP contribution is -2.48. The third-order valence-corrected chi connectivity index (χ3v) is 5.25. The van der Waals surface area contributed by atoms with Gasteiger partial charge in [0.25, 0.3) is 0 Å². The van der Waals surface area contributed by atoms with Gasteiger partial charge in [-0.25, -0.2) is 9.37 Å². The van der Waals surface area contributed by atoms with E-state index < -0.39 is 5.54 Å². The van der Waals surface area contributed by atoms with Crippen LogP contribution in [0.25, 0.3) is 0 Å². The SMILES string of the molecule is Cc1ccc(Cc2cnc(NC(=O)C3(N)CCCC3)s2)cc1F. The fraction of sp³-hybridized carbons (Fsp3) is 0.412. The molecule has 1 fully saturated rings. The van der Waals surface area contributed by atoms with Crippen molar-refractivity contribution in [3.63, 3.8) is 0 Å². The van der Waals surface area contributed by atoms with Crippen LogP contribution in [0.15, 0.2) is 24.4 Å². The molecule has 4 nitrogen and oxygen atoms in total. The van der Waals surface area contributed by atoms with Crippen molar-refractivity contribution in [3.05, 3.63) is 46.2 Å². The molecule has 0 radical (unpaired) electrons. The molecule has 0 atom stereocenters. The summed E-state index contributed by atoms with van der Waals surface area (Å²) in [5, 5.41) is 3.37. The van der Waals surface area contributed by atoms with Gasteiger partial charge in [-0.2, -0.15) is 0 Å². The Bertz CT molecular complexity index is 722. The minimum Gasteiger partial charge on any atom is -0.317 e. The summed E-state index contributed by atoms with van der Waals surface area (Å²) in [6.07, 6.45) is 5.74. The molecule has 1 heterocycles. The van der Waals surface area contributed by atoms with E-state index in [1.54, 1.807) is 25.3 Å². The summed E-state index contributed by atoms with van der Waals surface area (Å²) in [5.41, 5.74) is 6.90. The van der Waals surface area contributed by atoms with Gasteiger partial charge in [0.1, 0.15) is 5.82 Å². The Hall–Kier alpha value is -1.79. The van der Waals surface area contributed by atoms with Crippen LogP contribution >= 0.6 is 11.3 Å². The van der Waals surface area contributed by atoms with Crippen LogP contribution in [-0.4, -0.2) is 16.4 Å². The summed E-state index contributed by atoms with van der Waals surface area (Å²) >= 11 is 1.40. The standard InChI is InChI=1S/C17H20FN3OS/c1-11-4-5-12(9-14(11)18)8-13-10-20-16(23-13)21-15(22)17(19)6-2-3-7-17/h4-5,9-10H,2-3,6-8,19H2,1H3,(H,20,21,22). The number of anilines is 1. The van der Waals surface area contributed by atoms with Gasteiger partial charge < -0.3 is 11.1 Å². The molecule has 1 aliphatic rings. The van der Waals surface area contributed by atoms with Gasteiger partial charge in [0, 0.05) is 17.5 Å². The van der Waals surface area contributed by atoms with Crippen LogP contribution in [0.4, 0.5) is 9.52 Å². The van der Waals surface area contributed by atoms with Gasteiger partial charge in [0.15, 0.2) is 5.13 Å². The maximum absolute atomic E-state index is 13.6. The Morgan fingerprint density at radius 2 is 2.17 bits per heavy atom. The van der Waals surface area contributed by atoms with Crippen molar-refractivity contribution in [1.29, 1.82) is 0 Å². The zero-order chi connectivity index (χ0) is 16.4. The first-order valence-electron chi connectivity index (χ1n) is 7.76. The highest BCUT2D eigenvalue weighted by Gasteiger charge is 2.37. The van der Waals surface area contributed by atoms with Crippen LogP contribution in [0.5, 0.6) is 0 Å². The van der Waals surface area contributed by atoms with Crippen LogP contribution in [0, 0.1) is 12.7 Å². The molecule has 6 heteroatoms. The van der Waals surface area contributed by atoms with Gasteiger partial charge in [-0.05, 0) is 37.0 Å². The minimum atomic E-state index is -0.758. The summed E-state index contributed by atoms with van der Waals surface area (Å²) in [5.74, 6) is -0.357. The van der Waals surface area contributed by atoms with E-state index in [4.69, 9.17) is 5.73 Å². The van der Waals surface area contributed by atoms with Gasteiger partial charge in [0.05, 0.1) is 5.54 Å². The number of aryl methyl sites for hydroxylation is 1. The fourth-order valence-corrected chi connectivity index (χ4v) is 3.69. The first-order chi connectivity index (χ1) is 11.0. The number of nitrogens with two attached hydrogens (primary N) is 1. The molecule has 23 heavy (non-hydrogen) atoms. The molecule has 1 amide bonds. The summed E-state index contributed by atoms with van der Waals surface area (Å²) < 4.78 is 13.6. The van der Waals surface area contributed by atoms with Gasteiger partial charge in [-0.1, -0.05) is 25.0 Å². The first-order valence-corrected chi connectivity index (χ1v) is 8.58. The van der Waals surface area contributed by atoms with E-state index in [-0.39, 0.29) is 11.7 Å². The molecule has 1 saturated carbocycles. The van der Waals surface area contributed by atoms with Crippen LogP contribution in [0.2, 0.25) is 0 Å². The quantitative estimate of drug-likeness (QED) is 0.901. The summed E-state index contributed by atoms with van der Waals surface area (Å²) in [6.45, 7) is 1.74. The Kier molecular flexibility index (Phi) is 4.46. The number of rotatable bonds is 4. The Morgan fingerprint density at radius 1 is 1.43 bits per heavy atom. The molecule has 0 aliphatic heterocycles. The number of benzene rings is 1. The maximum Gasteiger partial charge on any atom is 0.246 e. The molecule has 0 bridgehead atoms. The third-order valence-electron chi connectivity index (χ3n) is 4.34. The van der Waals surface area contributed by atoms with Gasteiger partial charge in [-0.15, -0.1) is 11.3 Å². The molecule has 3 N–H and O–H groups in total. The zero-order valence-electron chi connectivity index (χ0n) is 13.1. The summed E-state index contributed by atoms with van der Waals surface area (Å²) in [6, 6.07) is 5.22. The predicted octanol–water partition coefficient (Wildman–Crippen LogP) is 3.39. The van der Waals surface area contributed by atoms with E-state index in [2.05, 4.69) is 10.3 Å². The summed E-state index contributed by atoms with van der Waals surface area (Å²) in [7, 11) is 0. The zero-order valence-corrected chi connectivity index (χ0v) is 13.9. The monoisotopic (exact) mass is 333 g/mol. The van der Waals surface area contributed by atoms with E-state index >= 15 is 0 Å². The van der Waals surface area contributed by atoms with E-state index in [1.807, 2.05) is 6.07 Å². The van der Waals surface area contributed by atoms with E-state index in [0.29, 0.717) is 17.1 Å². The van der Waals surface area contributed by atoms with Crippen LogP contribution < -0.4 is 11.1 Å². The third kappa shape index (κ3) is 3.59. The van der Waals surface area contributed by atoms with Gasteiger partial charge in [-0.3, -0.25) is 4.79 Å². The number of hydrogen-bond acceptors (Lipinski definition) is 4. The average Bonchev–Trinajstić information content (AvgIpc) is 3.13. The molecular weight excluding hydrogens is 313 g/mol. The number of thiazole rings is 1. The van der Waals surface area contributed by atoms with Gasteiger partial charge >= 0.3 is 0 Å². The van der Waals surface area contributed by atoms with Crippen molar-refractivity contribution in [2.24, 2.45) is 5.73 Å². The molecule has 1 aromatic heterocycles. The Balaban J connectivity index is 1.66. The van der Waals surface area contributed by atoms with Crippen molar-refractivity contribution >= 4 is 22.4 Å². The number of amides is 1. The molecule has 2 aromatic rings. The predicted molar refractivity (Wildman–Crippen MR) is 90.1 cm³/mol. The number of nitrogens with zero attached hydrogens (tertiary/aromatic N) is 1. The Labute approximate surface area is 138 Å². The number of aromatic nitrogens is 1. The van der Waals surface area contributed by atoms with Gasteiger partial charge in [0.2, 0.25) is 5.91 Å². The molecule has 0 spiro atoms. The lowest BCUT2D eigenvalue weighted by molar-refractivity contribution is -0.121. The molecule has 0 saturated heterocycles. The number of hydrogen-bond donors (Lipinski definition) is 2. The minimum absolute atomic E-state index is 0.155. The van der Waals surface area contributed by atoms with Crippen molar-refractivity contribution in [1.82, 2.24) is 4.98 Å². The molecule has 1 aromatic carbocycles. The number of carbonyl (C=O) groups is 1. The highest BCUT2D eigenvalue weighted by Crippen LogP contribution is 2.29. The molecule has 122 valence electrons. The highest BCUT2D eigenvalue weighted by molar-refractivity contribution is 7.15. The van der Waals surface area contributed by atoms with E-state index in [1.165, 1.54) is 11.3 Å². The second-order valence-electron chi connectivity index (χ2n) is 6.21. The van der Waals surface area contributed by atoms with Crippen LogP contribution in [0.3, 0.4) is 0 Å². The van der Waals surface area contributed by atoms with Crippen molar-refractivity contribution < 1.29 is 9.18 Å². The largest absolute Gasteiger partial charge is 0.317 e. The molecular formula is C17H20FN3OS. The topological polar surface area (TPSA) is 68.0 Å². The highest BCUT2D eigenvalue weighted by atomic mass is 32.1. The lowest BCUT2D eigenvalue weighted by atomic mass is 9.98. The lowest BCUT2D eigenvalue weighted by Gasteiger charge is -2.21. The summed E-state index contributed by atoms with van der Waals surface area (Å²) in [4.78, 5) is 17.5. The second-order valence-corrected chi connectivity index (χ2v) is 7.32. The molecule has 3 rings (SSSR count). The van der Waals surface area contributed by atoms with E-state index in [0.717, 1.165) is 36.1 Å². The van der Waals surface area contributed by atoms with Crippen molar-refractivity contribution in [3.8, 4) is 0 Å². The molecule has 0 unspecified atom stereocenters. The first kappa shape index (κ1) is 16.1. The van der Waals surface area contributed by atoms with Crippen molar-refractivity contribution in [2.75, 3.05) is 5.32 Å². The smallest absolute Gasteiger partial charge is 0.246 e. The molecule has 1 aliphatic carbocycles. The Morgan fingerprint density at radius 3 is 2.87 bits per heavy atom. The average molecular weight is 333 g/mol. The number of halogens is 1. The van der Waals surface area contributed by atoms with Crippen LogP contribution in [0.1, 0.15) is 41.7 Å². The normalized spacial score (nSPS) is 16.5. The maximum atomic E-state index is 13.6. The van der Waals surface area contributed by atoms with Crippen LogP contribution in [-0.2, 0) is 11.2 Å². The van der Waals surface area contributed by atoms with E-state index in [9.17, 15) is 9.18 Å². The second kappa shape index (κ2) is 6.37. The fourth-order valence-electron chi connectivity index (χ4n) is 2.85.